The first-order valence-electron chi connectivity index (χ1n) is 4.84. The maximum atomic E-state index is 6.06. The first kappa shape index (κ1) is 12.0. The summed E-state index contributed by atoms with van der Waals surface area (Å²) >= 11 is 9.36. The molecule has 0 radical (unpaired) electrons. The van der Waals surface area contributed by atoms with Gasteiger partial charge in [-0.15, -0.1) is 6.42 Å². The van der Waals surface area contributed by atoms with E-state index in [1.165, 1.54) is 0 Å². The smallest absolute Gasteiger partial charge is 0.149 e. The number of nitrogens with one attached hydrogen (secondary N) is 1. The lowest BCUT2D eigenvalue weighted by atomic mass is 10.2. The molecule has 0 unspecified atom stereocenters. The molecule has 0 fully saturated rings. The van der Waals surface area contributed by atoms with Crippen LogP contribution in [0.1, 0.15) is 5.56 Å². The van der Waals surface area contributed by atoms with Gasteiger partial charge in [0.05, 0.1) is 5.02 Å². The summed E-state index contributed by atoms with van der Waals surface area (Å²) in [5, 5.41) is 3.66. The van der Waals surface area contributed by atoms with Crippen LogP contribution < -0.4 is 5.32 Å². The summed E-state index contributed by atoms with van der Waals surface area (Å²) in [5.74, 6) is 3.18. The minimum absolute atomic E-state index is 0.547. The topological polar surface area (TPSA) is 24.9 Å². The van der Waals surface area contributed by atoms with E-state index in [1.54, 1.807) is 12.3 Å². The number of benzene rings is 1. The molecule has 84 valence electrons. The lowest BCUT2D eigenvalue weighted by molar-refractivity contribution is 1.29. The number of pyridine rings is 1. The summed E-state index contributed by atoms with van der Waals surface area (Å²) in [6.45, 7) is 0. The Kier molecular flexibility index (Phi) is 3.68. The van der Waals surface area contributed by atoms with Crippen LogP contribution in [-0.2, 0) is 0 Å². The van der Waals surface area contributed by atoms with Gasteiger partial charge < -0.3 is 5.32 Å². The third-order valence-electron chi connectivity index (χ3n) is 2.10. The number of aromatic nitrogens is 1. The Morgan fingerprint density at radius 2 is 2.18 bits per heavy atom. The van der Waals surface area contributed by atoms with Crippen molar-refractivity contribution in [2.75, 3.05) is 5.32 Å². The van der Waals surface area contributed by atoms with Crippen molar-refractivity contribution in [3.8, 4) is 12.3 Å². The van der Waals surface area contributed by atoms with Crippen LogP contribution in [0.25, 0.3) is 0 Å². The summed E-state index contributed by atoms with van der Waals surface area (Å²) in [6.07, 6.45) is 7.02. The molecule has 0 saturated heterocycles. The number of halogens is 2. The highest BCUT2D eigenvalue weighted by atomic mass is 79.9. The molecular weight excluding hydrogens is 300 g/mol. The molecule has 2 aromatic rings. The molecule has 0 aliphatic rings. The standard InChI is InChI=1S/C13H8BrClN2/c1-2-9-4-3-5-11(6-9)17-13-12(15)7-10(14)8-16-13/h1,3-8H,(H,16,17). The van der Waals surface area contributed by atoms with Gasteiger partial charge in [-0.25, -0.2) is 4.98 Å². The van der Waals surface area contributed by atoms with Gasteiger partial charge >= 0.3 is 0 Å². The fraction of sp³-hybridized carbons (Fsp3) is 0. The minimum Gasteiger partial charge on any atom is -0.339 e. The molecule has 1 aromatic heterocycles. The Bertz CT molecular complexity index is 590. The number of rotatable bonds is 2. The quantitative estimate of drug-likeness (QED) is 0.840. The molecule has 2 nitrogen and oxygen atoms in total. The Morgan fingerprint density at radius 1 is 1.35 bits per heavy atom. The molecule has 4 heteroatoms. The van der Waals surface area contributed by atoms with Crippen molar-refractivity contribution in [2.24, 2.45) is 0 Å². The van der Waals surface area contributed by atoms with Crippen LogP contribution in [0.2, 0.25) is 5.02 Å². The first-order chi connectivity index (χ1) is 8.19. The van der Waals surface area contributed by atoms with Crippen LogP contribution in [0.3, 0.4) is 0 Å². The van der Waals surface area contributed by atoms with Gasteiger partial charge in [-0.2, -0.15) is 0 Å². The summed E-state index contributed by atoms with van der Waals surface area (Å²) < 4.78 is 0.838. The molecule has 0 spiro atoms. The molecule has 1 aromatic carbocycles. The number of hydrogen-bond acceptors (Lipinski definition) is 2. The molecule has 0 amide bonds. The lowest BCUT2D eigenvalue weighted by Gasteiger charge is -2.07. The molecule has 0 bridgehead atoms. The van der Waals surface area contributed by atoms with E-state index >= 15 is 0 Å². The summed E-state index contributed by atoms with van der Waals surface area (Å²) in [7, 11) is 0. The van der Waals surface area contributed by atoms with E-state index < -0.39 is 0 Å². The van der Waals surface area contributed by atoms with Crippen LogP contribution in [-0.4, -0.2) is 4.98 Å². The van der Waals surface area contributed by atoms with E-state index in [0.29, 0.717) is 10.8 Å². The van der Waals surface area contributed by atoms with Crippen molar-refractivity contribution in [2.45, 2.75) is 0 Å². The minimum atomic E-state index is 0.547. The maximum Gasteiger partial charge on any atom is 0.149 e. The maximum absolute atomic E-state index is 6.06. The van der Waals surface area contributed by atoms with Gasteiger partial charge in [0.1, 0.15) is 5.82 Å². The Balaban J connectivity index is 2.28. The van der Waals surface area contributed by atoms with Gasteiger partial charge in [0.25, 0.3) is 0 Å². The predicted octanol–water partition coefficient (Wildman–Crippen LogP) is 4.22. The van der Waals surface area contributed by atoms with Crippen molar-refractivity contribution in [1.82, 2.24) is 4.98 Å². The second-order valence-corrected chi connectivity index (χ2v) is 4.66. The van der Waals surface area contributed by atoms with Crippen LogP contribution in [0.5, 0.6) is 0 Å². The van der Waals surface area contributed by atoms with Crippen molar-refractivity contribution in [1.29, 1.82) is 0 Å². The first-order valence-corrected chi connectivity index (χ1v) is 6.01. The molecule has 0 saturated carbocycles. The van der Waals surface area contributed by atoms with Gasteiger partial charge in [0, 0.05) is 21.9 Å². The lowest BCUT2D eigenvalue weighted by Crippen LogP contribution is -1.94. The number of terminal acetylenes is 1. The highest BCUT2D eigenvalue weighted by Crippen LogP contribution is 2.26. The summed E-state index contributed by atoms with van der Waals surface area (Å²) in [5.41, 5.74) is 1.67. The predicted molar refractivity (Wildman–Crippen MR) is 74.6 cm³/mol. The molecule has 0 aliphatic carbocycles. The van der Waals surface area contributed by atoms with Gasteiger partial charge in [-0.05, 0) is 40.2 Å². The molecule has 1 N–H and O–H groups in total. The number of hydrogen-bond donors (Lipinski definition) is 1. The second-order valence-electron chi connectivity index (χ2n) is 3.33. The van der Waals surface area contributed by atoms with E-state index in [-0.39, 0.29) is 0 Å². The average Bonchev–Trinajstić information content (AvgIpc) is 2.33. The monoisotopic (exact) mass is 306 g/mol. The van der Waals surface area contributed by atoms with Gasteiger partial charge in [0.15, 0.2) is 0 Å². The van der Waals surface area contributed by atoms with E-state index in [4.69, 9.17) is 18.0 Å². The van der Waals surface area contributed by atoms with E-state index in [1.807, 2.05) is 24.3 Å². The second kappa shape index (κ2) is 5.22. The molecule has 2 rings (SSSR count). The molecule has 1 heterocycles. The van der Waals surface area contributed by atoms with Crippen molar-refractivity contribution < 1.29 is 0 Å². The van der Waals surface area contributed by atoms with Crippen LogP contribution >= 0.6 is 27.5 Å². The van der Waals surface area contributed by atoms with E-state index in [0.717, 1.165) is 15.7 Å². The Hall–Kier alpha value is -1.50. The molecule has 0 aliphatic heterocycles. The molecular formula is C13H8BrClN2. The van der Waals surface area contributed by atoms with Crippen LogP contribution in [0.4, 0.5) is 11.5 Å². The Labute approximate surface area is 113 Å². The van der Waals surface area contributed by atoms with Gasteiger partial charge in [0.2, 0.25) is 0 Å². The molecule has 17 heavy (non-hydrogen) atoms. The number of anilines is 2. The van der Waals surface area contributed by atoms with Gasteiger partial charge in [-0.3, -0.25) is 0 Å². The summed E-state index contributed by atoms with van der Waals surface area (Å²) in [6, 6.07) is 9.29. The third kappa shape index (κ3) is 3.00. The fourth-order valence-corrected chi connectivity index (χ4v) is 2.01. The van der Waals surface area contributed by atoms with Crippen molar-refractivity contribution in [3.05, 3.63) is 51.6 Å². The normalized spacial score (nSPS) is 9.71. The zero-order chi connectivity index (χ0) is 12.3. The summed E-state index contributed by atoms with van der Waals surface area (Å²) in [4.78, 5) is 4.19. The van der Waals surface area contributed by atoms with E-state index in [2.05, 4.69) is 32.2 Å². The van der Waals surface area contributed by atoms with Crippen molar-refractivity contribution >= 4 is 39.0 Å². The zero-order valence-corrected chi connectivity index (χ0v) is 11.1. The van der Waals surface area contributed by atoms with Crippen LogP contribution in [0.15, 0.2) is 41.0 Å². The third-order valence-corrected chi connectivity index (χ3v) is 2.82. The Morgan fingerprint density at radius 3 is 2.88 bits per heavy atom. The van der Waals surface area contributed by atoms with Crippen molar-refractivity contribution in [3.63, 3.8) is 0 Å². The van der Waals surface area contributed by atoms with Gasteiger partial charge in [-0.1, -0.05) is 23.6 Å². The zero-order valence-electron chi connectivity index (χ0n) is 8.74. The average molecular weight is 308 g/mol. The largest absolute Gasteiger partial charge is 0.339 e. The number of nitrogens with zero attached hydrogens (tertiary/aromatic N) is 1. The van der Waals surface area contributed by atoms with E-state index in [9.17, 15) is 0 Å². The highest BCUT2D eigenvalue weighted by Gasteiger charge is 2.03. The van der Waals surface area contributed by atoms with Crippen LogP contribution in [0, 0.1) is 12.3 Å². The molecule has 0 atom stereocenters. The SMILES string of the molecule is C#Cc1cccc(Nc2ncc(Br)cc2Cl)c1. The fourth-order valence-electron chi connectivity index (χ4n) is 1.33. The highest BCUT2D eigenvalue weighted by molar-refractivity contribution is 9.10.